The van der Waals surface area contributed by atoms with E-state index in [0.29, 0.717) is 24.5 Å². The molecule has 140 valence electrons. The maximum atomic E-state index is 12.0. The van der Waals surface area contributed by atoms with Crippen LogP contribution in [0.15, 0.2) is 36.5 Å². The van der Waals surface area contributed by atoms with Gasteiger partial charge in [0.25, 0.3) is 0 Å². The van der Waals surface area contributed by atoms with Crippen molar-refractivity contribution in [2.24, 2.45) is 0 Å². The van der Waals surface area contributed by atoms with E-state index in [0.717, 1.165) is 11.3 Å². The monoisotopic (exact) mass is 367 g/mol. The third-order valence-corrected chi connectivity index (χ3v) is 3.74. The van der Waals surface area contributed by atoms with Gasteiger partial charge in [0.2, 0.25) is 0 Å². The van der Waals surface area contributed by atoms with Crippen molar-refractivity contribution in [1.29, 1.82) is 5.26 Å². The number of aromatic nitrogens is 1. The molecule has 0 fully saturated rings. The quantitative estimate of drug-likeness (QED) is 0.891. The smallest absolute Gasteiger partial charge is 0.408 e. The minimum Gasteiger partial charge on any atom is -0.491 e. The fraction of sp³-hybridized carbons (Fsp3) is 0.350. The van der Waals surface area contributed by atoms with Gasteiger partial charge in [0.05, 0.1) is 6.04 Å². The summed E-state index contributed by atoms with van der Waals surface area (Å²) in [5, 5.41) is 11.8. The van der Waals surface area contributed by atoms with Crippen LogP contribution in [0.5, 0.6) is 17.2 Å². The van der Waals surface area contributed by atoms with Gasteiger partial charge in [-0.15, -0.1) is 0 Å². The molecule has 1 aliphatic rings. The molecule has 27 heavy (non-hydrogen) atoms. The number of carbonyl (C=O) groups excluding carboxylic acids is 1. The van der Waals surface area contributed by atoms with Crippen LogP contribution in [-0.2, 0) is 11.2 Å². The van der Waals surface area contributed by atoms with Crippen molar-refractivity contribution in [2.45, 2.75) is 38.8 Å². The summed E-state index contributed by atoms with van der Waals surface area (Å²) < 4.78 is 16.8. The number of fused-ring (bicyclic) bond motifs is 1. The van der Waals surface area contributed by atoms with E-state index in [1.165, 1.54) is 6.20 Å². The van der Waals surface area contributed by atoms with E-state index in [1.54, 1.807) is 18.2 Å². The van der Waals surface area contributed by atoms with Crippen LogP contribution >= 0.6 is 0 Å². The summed E-state index contributed by atoms with van der Waals surface area (Å²) in [6.45, 7) is 5.83. The standard InChI is InChI=1S/C20H21N3O4/c1-20(2,3)27-19(24)23-15-8-13-9-16(4-5-18(13)25-12-15)26-17-6-7-22-14(10-17)11-21/h4-7,9-10,15H,8,12H2,1-3H3,(H,23,24). The number of carbonyl (C=O) groups is 1. The van der Waals surface area contributed by atoms with Crippen molar-refractivity contribution in [3.05, 3.63) is 47.8 Å². The lowest BCUT2D eigenvalue weighted by atomic mass is 10.0. The van der Waals surface area contributed by atoms with Gasteiger partial charge in [-0.05, 0) is 57.0 Å². The predicted octanol–water partition coefficient (Wildman–Crippen LogP) is 3.57. The molecule has 0 saturated heterocycles. The van der Waals surface area contributed by atoms with Crippen molar-refractivity contribution in [3.8, 4) is 23.3 Å². The molecule has 1 unspecified atom stereocenters. The summed E-state index contributed by atoms with van der Waals surface area (Å²) in [5.41, 5.74) is 0.663. The number of hydrogen-bond acceptors (Lipinski definition) is 6. The molecule has 2 aromatic rings. The number of amides is 1. The van der Waals surface area contributed by atoms with Gasteiger partial charge < -0.3 is 19.5 Å². The Morgan fingerprint density at radius 2 is 2.07 bits per heavy atom. The zero-order valence-corrected chi connectivity index (χ0v) is 15.5. The normalized spacial score (nSPS) is 15.7. The lowest BCUT2D eigenvalue weighted by Crippen LogP contribution is -2.44. The number of nitriles is 1. The molecule has 1 aromatic heterocycles. The van der Waals surface area contributed by atoms with Gasteiger partial charge in [-0.3, -0.25) is 0 Å². The van der Waals surface area contributed by atoms with Crippen LogP contribution in [0, 0.1) is 11.3 Å². The van der Waals surface area contributed by atoms with E-state index < -0.39 is 11.7 Å². The second-order valence-corrected chi connectivity index (χ2v) is 7.22. The number of rotatable bonds is 3. The zero-order valence-electron chi connectivity index (χ0n) is 15.5. The van der Waals surface area contributed by atoms with E-state index in [-0.39, 0.29) is 11.7 Å². The maximum Gasteiger partial charge on any atom is 0.408 e. The molecule has 1 aliphatic heterocycles. The largest absolute Gasteiger partial charge is 0.491 e. The SMILES string of the molecule is CC(C)(C)OC(=O)NC1COc2ccc(Oc3ccnc(C#N)c3)cc2C1. The first kappa shape index (κ1) is 18.5. The molecule has 1 N–H and O–H groups in total. The molecule has 1 atom stereocenters. The van der Waals surface area contributed by atoms with Crippen molar-refractivity contribution < 1.29 is 19.0 Å². The number of nitrogens with one attached hydrogen (secondary N) is 1. The second-order valence-electron chi connectivity index (χ2n) is 7.22. The molecule has 0 spiro atoms. The Kier molecular flexibility index (Phi) is 5.17. The van der Waals surface area contributed by atoms with Crippen LogP contribution < -0.4 is 14.8 Å². The Labute approximate surface area is 157 Å². The molecule has 0 radical (unpaired) electrons. The molecular weight excluding hydrogens is 346 g/mol. The summed E-state index contributed by atoms with van der Waals surface area (Å²) in [5.74, 6) is 1.91. The number of hydrogen-bond donors (Lipinski definition) is 1. The third kappa shape index (κ3) is 5.11. The van der Waals surface area contributed by atoms with E-state index >= 15 is 0 Å². The Morgan fingerprint density at radius 3 is 2.81 bits per heavy atom. The molecule has 0 aliphatic carbocycles. The first-order valence-electron chi connectivity index (χ1n) is 8.61. The Bertz CT molecular complexity index is 884. The molecule has 1 amide bonds. The van der Waals surface area contributed by atoms with Gasteiger partial charge in [0, 0.05) is 12.3 Å². The van der Waals surface area contributed by atoms with Gasteiger partial charge in [-0.25, -0.2) is 9.78 Å². The Hall–Kier alpha value is -3.27. The topological polar surface area (TPSA) is 93.5 Å². The van der Waals surface area contributed by atoms with Crippen LogP contribution in [0.1, 0.15) is 32.0 Å². The van der Waals surface area contributed by atoms with E-state index in [1.807, 2.05) is 39.0 Å². The first-order valence-corrected chi connectivity index (χ1v) is 8.61. The molecule has 7 nitrogen and oxygen atoms in total. The van der Waals surface area contributed by atoms with Gasteiger partial charge in [-0.2, -0.15) is 5.26 Å². The molecular formula is C20H21N3O4. The minimum absolute atomic E-state index is 0.186. The number of benzene rings is 1. The molecule has 2 heterocycles. The van der Waals surface area contributed by atoms with Crippen LogP contribution in [-0.4, -0.2) is 29.3 Å². The maximum absolute atomic E-state index is 12.0. The van der Waals surface area contributed by atoms with E-state index in [4.69, 9.17) is 19.5 Å². The van der Waals surface area contributed by atoms with Crippen LogP contribution in [0.3, 0.4) is 0 Å². The molecule has 3 rings (SSSR count). The Morgan fingerprint density at radius 1 is 1.30 bits per heavy atom. The number of nitrogens with zero attached hydrogens (tertiary/aromatic N) is 2. The first-order chi connectivity index (χ1) is 12.8. The summed E-state index contributed by atoms with van der Waals surface area (Å²) >= 11 is 0. The predicted molar refractivity (Wildman–Crippen MR) is 97.8 cm³/mol. The van der Waals surface area contributed by atoms with Crippen LogP contribution in [0.4, 0.5) is 4.79 Å². The highest BCUT2D eigenvalue weighted by Gasteiger charge is 2.24. The summed E-state index contributed by atoms with van der Waals surface area (Å²) in [7, 11) is 0. The fourth-order valence-electron chi connectivity index (χ4n) is 2.67. The van der Waals surface area contributed by atoms with Crippen molar-refractivity contribution in [1.82, 2.24) is 10.3 Å². The average molecular weight is 367 g/mol. The van der Waals surface area contributed by atoms with Gasteiger partial charge >= 0.3 is 6.09 Å². The fourth-order valence-corrected chi connectivity index (χ4v) is 2.67. The lowest BCUT2D eigenvalue weighted by Gasteiger charge is -2.28. The summed E-state index contributed by atoms with van der Waals surface area (Å²) in [6.07, 6.45) is 1.66. The lowest BCUT2D eigenvalue weighted by molar-refractivity contribution is 0.0481. The van der Waals surface area contributed by atoms with E-state index in [9.17, 15) is 4.79 Å². The second kappa shape index (κ2) is 7.54. The summed E-state index contributed by atoms with van der Waals surface area (Å²) in [4.78, 5) is 15.9. The zero-order chi connectivity index (χ0) is 19.4. The van der Waals surface area contributed by atoms with E-state index in [2.05, 4.69) is 10.3 Å². The van der Waals surface area contributed by atoms with Crippen LogP contribution in [0.2, 0.25) is 0 Å². The van der Waals surface area contributed by atoms with Crippen LogP contribution in [0.25, 0.3) is 0 Å². The highest BCUT2D eigenvalue weighted by molar-refractivity contribution is 5.68. The molecule has 1 aromatic carbocycles. The highest BCUT2D eigenvalue weighted by Crippen LogP contribution is 2.31. The Balaban J connectivity index is 1.68. The average Bonchev–Trinajstić information content (AvgIpc) is 2.60. The molecule has 7 heteroatoms. The van der Waals surface area contributed by atoms with Crippen molar-refractivity contribution in [3.63, 3.8) is 0 Å². The van der Waals surface area contributed by atoms with Gasteiger partial charge in [-0.1, -0.05) is 0 Å². The third-order valence-electron chi connectivity index (χ3n) is 3.74. The minimum atomic E-state index is -0.550. The number of alkyl carbamates (subject to hydrolysis) is 1. The number of pyridine rings is 1. The van der Waals surface area contributed by atoms with Crippen molar-refractivity contribution >= 4 is 6.09 Å². The molecule has 0 saturated carbocycles. The van der Waals surface area contributed by atoms with Gasteiger partial charge in [0.1, 0.15) is 41.2 Å². The highest BCUT2D eigenvalue weighted by atomic mass is 16.6. The van der Waals surface area contributed by atoms with Crippen molar-refractivity contribution in [2.75, 3.05) is 6.61 Å². The molecule has 0 bridgehead atoms. The number of ether oxygens (including phenoxy) is 3. The van der Waals surface area contributed by atoms with Gasteiger partial charge in [0.15, 0.2) is 0 Å². The summed E-state index contributed by atoms with van der Waals surface area (Å²) in [6, 6.07) is 10.5.